The van der Waals surface area contributed by atoms with Gasteiger partial charge in [0.2, 0.25) is 10.0 Å². The van der Waals surface area contributed by atoms with Gasteiger partial charge in [0.15, 0.2) is 0 Å². The highest BCUT2D eigenvalue weighted by atomic mass is 32.2. The zero-order valence-electron chi connectivity index (χ0n) is 11.7. The van der Waals surface area contributed by atoms with Gasteiger partial charge in [0.1, 0.15) is 0 Å². The minimum absolute atomic E-state index is 0.0407. The number of benzene rings is 1. The van der Waals surface area contributed by atoms with E-state index in [4.69, 9.17) is 0 Å². The van der Waals surface area contributed by atoms with Crippen molar-refractivity contribution in [2.24, 2.45) is 0 Å². The normalized spacial score (nSPS) is 23.1. The zero-order valence-corrected chi connectivity index (χ0v) is 12.5. The van der Waals surface area contributed by atoms with Crippen molar-refractivity contribution >= 4 is 10.0 Å². The standard InChI is InChI=1S/C14H22N2O3S/c1-2-3-12-4-6-13(7-5-12)20(18,19)16-11-14(17)8-9-15-10-14/h4-7,15-17H,2-3,8-11H2,1H3. The van der Waals surface area contributed by atoms with Crippen molar-refractivity contribution in [1.29, 1.82) is 0 Å². The van der Waals surface area contributed by atoms with E-state index < -0.39 is 15.6 Å². The van der Waals surface area contributed by atoms with E-state index in [0.29, 0.717) is 19.5 Å². The van der Waals surface area contributed by atoms with Crippen LogP contribution in [0.1, 0.15) is 25.3 Å². The van der Waals surface area contributed by atoms with Crippen LogP contribution in [0.2, 0.25) is 0 Å². The molecule has 1 fully saturated rings. The molecule has 1 aromatic carbocycles. The largest absolute Gasteiger partial charge is 0.387 e. The monoisotopic (exact) mass is 298 g/mol. The molecule has 1 aliphatic rings. The molecule has 0 saturated carbocycles. The van der Waals surface area contributed by atoms with Crippen LogP contribution in [0.25, 0.3) is 0 Å². The summed E-state index contributed by atoms with van der Waals surface area (Å²) in [6.45, 7) is 3.26. The van der Waals surface area contributed by atoms with E-state index in [1.54, 1.807) is 12.1 Å². The average molecular weight is 298 g/mol. The van der Waals surface area contributed by atoms with Gasteiger partial charge in [-0.1, -0.05) is 25.5 Å². The summed E-state index contributed by atoms with van der Waals surface area (Å²) in [6, 6.07) is 6.91. The third kappa shape index (κ3) is 3.79. The van der Waals surface area contributed by atoms with Crippen LogP contribution in [0.3, 0.4) is 0 Å². The molecule has 5 nitrogen and oxygen atoms in total. The van der Waals surface area contributed by atoms with Crippen molar-refractivity contribution < 1.29 is 13.5 Å². The lowest BCUT2D eigenvalue weighted by Gasteiger charge is -2.21. The van der Waals surface area contributed by atoms with E-state index in [1.165, 1.54) is 0 Å². The highest BCUT2D eigenvalue weighted by Gasteiger charge is 2.32. The van der Waals surface area contributed by atoms with Crippen LogP contribution in [-0.2, 0) is 16.4 Å². The van der Waals surface area contributed by atoms with Crippen molar-refractivity contribution in [3.8, 4) is 0 Å². The van der Waals surface area contributed by atoms with Gasteiger partial charge in [-0.25, -0.2) is 13.1 Å². The molecule has 0 spiro atoms. The van der Waals surface area contributed by atoms with Crippen LogP contribution < -0.4 is 10.0 Å². The molecule has 0 aromatic heterocycles. The van der Waals surface area contributed by atoms with Gasteiger partial charge >= 0.3 is 0 Å². The van der Waals surface area contributed by atoms with Gasteiger partial charge in [0.05, 0.1) is 10.5 Å². The van der Waals surface area contributed by atoms with Crippen molar-refractivity contribution in [1.82, 2.24) is 10.0 Å². The van der Waals surface area contributed by atoms with Gasteiger partial charge in [-0.2, -0.15) is 0 Å². The van der Waals surface area contributed by atoms with E-state index in [0.717, 1.165) is 18.4 Å². The summed E-state index contributed by atoms with van der Waals surface area (Å²) in [5.41, 5.74) is 0.153. The van der Waals surface area contributed by atoms with Crippen LogP contribution in [0.15, 0.2) is 29.2 Å². The van der Waals surface area contributed by atoms with Crippen LogP contribution in [0.4, 0.5) is 0 Å². The number of hydrogen-bond acceptors (Lipinski definition) is 4. The first-order chi connectivity index (χ1) is 9.45. The number of hydrogen-bond donors (Lipinski definition) is 3. The number of aliphatic hydroxyl groups is 1. The fourth-order valence-electron chi connectivity index (χ4n) is 2.32. The first-order valence-corrected chi connectivity index (χ1v) is 8.45. The Morgan fingerprint density at radius 1 is 1.35 bits per heavy atom. The molecule has 0 amide bonds. The molecule has 1 aromatic rings. The van der Waals surface area contributed by atoms with Crippen LogP contribution in [0, 0.1) is 0 Å². The summed E-state index contributed by atoms with van der Waals surface area (Å²) in [7, 11) is -3.56. The first-order valence-electron chi connectivity index (χ1n) is 6.97. The lowest BCUT2D eigenvalue weighted by atomic mass is 10.1. The Morgan fingerprint density at radius 2 is 2.05 bits per heavy atom. The zero-order chi connectivity index (χ0) is 14.6. The molecule has 1 heterocycles. The molecule has 20 heavy (non-hydrogen) atoms. The quantitative estimate of drug-likeness (QED) is 0.720. The van der Waals surface area contributed by atoms with Gasteiger partial charge in [-0.05, 0) is 37.1 Å². The second kappa shape index (κ2) is 6.22. The van der Waals surface area contributed by atoms with E-state index >= 15 is 0 Å². The lowest BCUT2D eigenvalue weighted by Crippen LogP contribution is -2.44. The van der Waals surface area contributed by atoms with Gasteiger partial charge < -0.3 is 10.4 Å². The minimum Gasteiger partial charge on any atom is -0.387 e. The minimum atomic E-state index is -3.56. The fourth-order valence-corrected chi connectivity index (χ4v) is 3.44. The maximum Gasteiger partial charge on any atom is 0.240 e. The SMILES string of the molecule is CCCc1ccc(S(=O)(=O)NCC2(O)CCNC2)cc1. The van der Waals surface area contributed by atoms with Gasteiger partial charge in [0, 0.05) is 13.1 Å². The Hall–Kier alpha value is -0.950. The molecular formula is C14H22N2O3S. The summed E-state index contributed by atoms with van der Waals surface area (Å²) in [5.74, 6) is 0. The molecule has 112 valence electrons. The summed E-state index contributed by atoms with van der Waals surface area (Å²) in [5, 5.41) is 13.2. The van der Waals surface area contributed by atoms with E-state index in [9.17, 15) is 13.5 Å². The Kier molecular flexibility index (Phi) is 4.80. The Balaban J connectivity index is 2.02. The highest BCUT2D eigenvalue weighted by Crippen LogP contribution is 2.16. The van der Waals surface area contributed by atoms with Crippen molar-refractivity contribution in [3.63, 3.8) is 0 Å². The molecule has 0 radical (unpaired) electrons. The molecule has 1 atom stereocenters. The first kappa shape index (κ1) is 15.4. The number of nitrogens with one attached hydrogen (secondary N) is 2. The smallest absolute Gasteiger partial charge is 0.240 e. The summed E-state index contributed by atoms with van der Waals surface area (Å²) >= 11 is 0. The van der Waals surface area contributed by atoms with E-state index in [-0.39, 0.29) is 11.4 Å². The number of aryl methyl sites for hydroxylation is 1. The summed E-state index contributed by atoms with van der Waals surface area (Å²) in [6.07, 6.45) is 2.54. The van der Waals surface area contributed by atoms with Crippen LogP contribution in [0.5, 0.6) is 0 Å². The molecule has 3 N–H and O–H groups in total. The van der Waals surface area contributed by atoms with Gasteiger partial charge in [0.25, 0.3) is 0 Å². The third-order valence-electron chi connectivity index (χ3n) is 3.58. The second-order valence-corrected chi connectivity index (χ2v) is 7.14. The molecule has 1 aliphatic heterocycles. The summed E-state index contributed by atoms with van der Waals surface area (Å²) in [4.78, 5) is 0.243. The molecule has 6 heteroatoms. The molecular weight excluding hydrogens is 276 g/mol. The average Bonchev–Trinajstić information content (AvgIpc) is 2.85. The lowest BCUT2D eigenvalue weighted by molar-refractivity contribution is 0.0667. The predicted octanol–water partition coefficient (Wildman–Crippen LogP) is 0.642. The van der Waals surface area contributed by atoms with Crippen molar-refractivity contribution in [2.75, 3.05) is 19.6 Å². The molecule has 0 bridgehead atoms. The van der Waals surface area contributed by atoms with Crippen LogP contribution >= 0.6 is 0 Å². The fraction of sp³-hybridized carbons (Fsp3) is 0.571. The van der Waals surface area contributed by atoms with Crippen molar-refractivity contribution in [2.45, 2.75) is 36.7 Å². The Bertz CT molecular complexity index is 534. The van der Waals surface area contributed by atoms with Gasteiger partial charge in [-0.15, -0.1) is 0 Å². The molecule has 0 aliphatic carbocycles. The Labute approximate surface area is 120 Å². The maximum atomic E-state index is 12.2. The van der Waals surface area contributed by atoms with Gasteiger partial charge in [-0.3, -0.25) is 0 Å². The topological polar surface area (TPSA) is 78.4 Å². The molecule has 1 unspecified atom stereocenters. The highest BCUT2D eigenvalue weighted by molar-refractivity contribution is 7.89. The third-order valence-corrected chi connectivity index (χ3v) is 5.00. The molecule has 1 saturated heterocycles. The summed E-state index contributed by atoms with van der Waals surface area (Å²) < 4.78 is 26.8. The predicted molar refractivity (Wildman–Crippen MR) is 78.1 cm³/mol. The van der Waals surface area contributed by atoms with Crippen LogP contribution in [-0.4, -0.2) is 38.8 Å². The molecule has 2 rings (SSSR count). The number of β-amino-alcohol motifs (C(OH)–C–C–N with tert-alkyl or cyclic N) is 1. The number of sulfonamides is 1. The second-order valence-electron chi connectivity index (χ2n) is 5.37. The maximum absolute atomic E-state index is 12.2. The number of rotatable bonds is 6. The Morgan fingerprint density at radius 3 is 2.60 bits per heavy atom. The van der Waals surface area contributed by atoms with Crippen molar-refractivity contribution in [3.05, 3.63) is 29.8 Å². The van der Waals surface area contributed by atoms with E-state index in [1.807, 2.05) is 12.1 Å². The van der Waals surface area contributed by atoms with E-state index in [2.05, 4.69) is 17.0 Å².